The van der Waals surface area contributed by atoms with E-state index in [0.717, 1.165) is 5.56 Å². The van der Waals surface area contributed by atoms with Crippen molar-refractivity contribution in [3.8, 4) is 5.75 Å². The number of aromatic hydroxyl groups is 1. The van der Waals surface area contributed by atoms with Crippen molar-refractivity contribution in [2.75, 3.05) is 5.32 Å². The average molecular weight is 271 g/mol. The molecule has 2 aromatic carbocycles. The molecule has 2 aromatic rings. The van der Waals surface area contributed by atoms with Crippen LogP contribution in [0.4, 0.5) is 5.69 Å². The van der Waals surface area contributed by atoms with Gasteiger partial charge in [-0.1, -0.05) is 36.4 Å². The largest absolute Gasteiger partial charge is 0.508 e. The molecule has 0 radical (unpaired) electrons. The Balaban J connectivity index is 1.95. The predicted molar refractivity (Wildman–Crippen MR) is 77.4 cm³/mol. The number of para-hydroxylation sites is 2. The fourth-order valence-electron chi connectivity index (χ4n) is 1.96. The van der Waals surface area contributed by atoms with Gasteiger partial charge in [0.25, 0.3) is 0 Å². The second kappa shape index (κ2) is 6.73. The molecular formula is C16H17NO3. The molecule has 2 rings (SSSR count). The first-order valence-corrected chi connectivity index (χ1v) is 6.46. The fraction of sp³-hybridized carbons (Fsp3) is 0.188. The standard InChI is InChI=1S/C16H17NO3/c18-11-13-6-1-3-7-14(13)17-16(20)10-9-12-5-2-4-8-15(12)19/h1-8,18-19H,9-11H2,(H,17,20). The number of hydrogen-bond donors (Lipinski definition) is 3. The van der Waals surface area contributed by atoms with Crippen molar-refractivity contribution in [1.82, 2.24) is 0 Å². The van der Waals surface area contributed by atoms with Crippen LogP contribution in [0.1, 0.15) is 17.5 Å². The van der Waals surface area contributed by atoms with Crippen LogP contribution in [0.2, 0.25) is 0 Å². The van der Waals surface area contributed by atoms with Crippen molar-refractivity contribution in [2.24, 2.45) is 0 Å². The molecule has 0 saturated heterocycles. The molecule has 0 saturated carbocycles. The summed E-state index contributed by atoms with van der Waals surface area (Å²) in [7, 11) is 0. The number of hydrogen-bond acceptors (Lipinski definition) is 3. The van der Waals surface area contributed by atoms with Crippen LogP contribution in [-0.4, -0.2) is 16.1 Å². The quantitative estimate of drug-likeness (QED) is 0.782. The SMILES string of the molecule is O=C(CCc1ccccc1O)Nc1ccccc1CO. The Hall–Kier alpha value is -2.33. The maximum atomic E-state index is 11.9. The lowest BCUT2D eigenvalue weighted by Crippen LogP contribution is -2.13. The summed E-state index contributed by atoms with van der Waals surface area (Å²) >= 11 is 0. The van der Waals surface area contributed by atoms with E-state index in [0.29, 0.717) is 17.7 Å². The number of aliphatic hydroxyl groups is 1. The van der Waals surface area contributed by atoms with Gasteiger partial charge in [-0.25, -0.2) is 0 Å². The number of phenols is 1. The van der Waals surface area contributed by atoms with E-state index < -0.39 is 0 Å². The second-order valence-corrected chi connectivity index (χ2v) is 4.49. The van der Waals surface area contributed by atoms with Crippen molar-refractivity contribution in [3.63, 3.8) is 0 Å². The Kier molecular flexibility index (Phi) is 4.74. The van der Waals surface area contributed by atoms with Gasteiger partial charge in [-0.3, -0.25) is 4.79 Å². The Labute approximate surface area is 117 Å². The van der Waals surface area contributed by atoms with E-state index in [-0.39, 0.29) is 24.7 Å². The summed E-state index contributed by atoms with van der Waals surface area (Å²) in [5.74, 6) is 0.0604. The number of amides is 1. The van der Waals surface area contributed by atoms with Crippen LogP contribution in [0.15, 0.2) is 48.5 Å². The van der Waals surface area contributed by atoms with Crippen molar-refractivity contribution in [3.05, 3.63) is 59.7 Å². The zero-order valence-electron chi connectivity index (χ0n) is 11.0. The fourth-order valence-corrected chi connectivity index (χ4v) is 1.96. The number of aryl methyl sites for hydroxylation is 1. The van der Waals surface area contributed by atoms with Crippen LogP contribution in [0.5, 0.6) is 5.75 Å². The number of benzene rings is 2. The van der Waals surface area contributed by atoms with E-state index in [1.54, 1.807) is 36.4 Å². The number of aliphatic hydroxyl groups excluding tert-OH is 1. The maximum absolute atomic E-state index is 11.9. The third-order valence-corrected chi connectivity index (χ3v) is 3.07. The van der Waals surface area contributed by atoms with Gasteiger partial charge in [-0.05, 0) is 24.1 Å². The molecule has 0 aliphatic heterocycles. The van der Waals surface area contributed by atoms with E-state index in [2.05, 4.69) is 5.32 Å². The van der Waals surface area contributed by atoms with Gasteiger partial charge in [0, 0.05) is 17.7 Å². The maximum Gasteiger partial charge on any atom is 0.224 e. The summed E-state index contributed by atoms with van der Waals surface area (Å²) in [6.07, 6.45) is 0.747. The highest BCUT2D eigenvalue weighted by molar-refractivity contribution is 5.91. The van der Waals surface area contributed by atoms with Crippen LogP contribution in [0, 0.1) is 0 Å². The van der Waals surface area contributed by atoms with Gasteiger partial charge in [-0.2, -0.15) is 0 Å². The molecule has 3 N–H and O–H groups in total. The average Bonchev–Trinajstić information content (AvgIpc) is 2.47. The highest BCUT2D eigenvalue weighted by Gasteiger charge is 2.07. The van der Waals surface area contributed by atoms with Gasteiger partial charge in [0.1, 0.15) is 5.75 Å². The minimum atomic E-state index is -0.144. The molecule has 0 fully saturated rings. The third-order valence-electron chi connectivity index (χ3n) is 3.07. The minimum absolute atomic E-state index is 0.115. The number of nitrogens with one attached hydrogen (secondary N) is 1. The molecule has 0 aliphatic carbocycles. The normalized spacial score (nSPS) is 10.2. The molecule has 1 amide bonds. The Morgan fingerprint density at radius 2 is 1.65 bits per heavy atom. The lowest BCUT2D eigenvalue weighted by molar-refractivity contribution is -0.116. The van der Waals surface area contributed by atoms with Gasteiger partial charge >= 0.3 is 0 Å². The minimum Gasteiger partial charge on any atom is -0.508 e. The molecule has 20 heavy (non-hydrogen) atoms. The lowest BCUT2D eigenvalue weighted by atomic mass is 10.1. The van der Waals surface area contributed by atoms with E-state index in [1.807, 2.05) is 12.1 Å². The molecule has 0 heterocycles. The molecule has 0 atom stereocenters. The molecule has 0 aromatic heterocycles. The molecule has 0 spiro atoms. The van der Waals surface area contributed by atoms with Gasteiger partial charge < -0.3 is 15.5 Å². The highest BCUT2D eigenvalue weighted by atomic mass is 16.3. The van der Waals surface area contributed by atoms with Crippen molar-refractivity contribution < 1.29 is 15.0 Å². The van der Waals surface area contributed by atoms with Crippen LogP contribution in [-0.2, 0) is 17.8 Å². The summed E-state index contributed by atoms with van der Waals surface area (Å²) in [6.45, 7) is -0.115. The summed E-state index contributed by atoms with van der Waals surface area (Å²) < 4.78 is 0. The van der Waals surface area contributed by atoms with Crippen molar-refractivity contribution in [1.29, 1.82) is 0 Å². The molecule has 0 aliphatic rings. The number of carbonyl (C=O) groups is 1. The first kappa shape index (κ1) is 14.1. The molecule has 4 heteroatoms. The monoisotopic (exact) mass is 271 g/mol. The van der Waals surface area contributed by atoms with E-state index in [4.69, 9.17) is 0 Å². The smallest absolute Gasteiger partial charge is 0.224 e. The second-order valence-electron chi connectivity index (χ2n) is 4.49. The van der Waals surface area contributed by atoms with Crippen LogP contribution in [0.3, 0.4) is 0 Å². The van der Waals surface area contributed by atoms with Crippen molar-refractivity contribution >= 4 is 11.6 Å². The van der Waals surface area contributed by atoms with Gasteiger partial charge in [-0.15, -0.1) is 0 Å². The highest BCUT2D eigenvalue weighted by Crippen LogP contribution is 2.18. The summed E-state index contributed by atoms with van der Waals surface area (Å²) in [5, 5.41) is 21.6. The Bertz CT molecular complexity index is 596. The first-order chi connectivity index (χ1) is 9.70. The number of rotatable bonds is 5. The van der Waals surface area contributed by atoms with E-state index >= 15 is 0 Å². The predicted octanol–water partition coefficient (Wildman–Crippen LogP) is 2.46. The summed E-state index contributed by atoms with van der Waals surface area (Å²) in [5.41, 5.74) is 2.05. The van der Waals surface area contributed by atoms with Crippen LogP contribution >= 0.6 is 0 Å². The van der Waals surface area contributed by atoms with Crippen LogP contribution in [0.25, 0.3) is 0 Å². The number of carbonyl (C=O) groups excluding carboxylic acids is 1. The zero-order chi connectivity index (χ0) is 14.4. The molecular weight excluding hydrogens is 254 g/mol. The summed E-state index contributed by atoms with van der Waals surface area (Å²) in [6, 6.07) is 14.1. The third kappa shape index (κ3) is 3.59. The zero-order valence-corrected chi connectivity index (χ0v) is 11.0. The molecule has 4 nitrogen and oxygen atoms in total. The van der Waals surface area contributed by atoms with E-state index in [9.17, 15) is 15.0 Å². The van der Waals surface area contributed by atoms with Gasteiger partial charge in [0.2, 0.25) is 5.91 Å². The number of phenolic OH excluding ortho intramolecular Hbond substituents is 1. The lowest BCUT2D eigenvalue weighted by Gasteiger charge is -2.09. The Morgan fingerprint density at radius 3 is 2.35 bits per heavy atom. The van der Waals surface area contributed by atoms with Gasteiger partial charge in [0.05, 0.1) is 6.61 Å². The van der Waals surface area contributed by atoms with Gasteiger partial charge in [0.15, 0.2) is 0 Å². The first-order valence-electron chi connectivity index (χ1n) is 6.46. The molecule has 104 valence electrons. The molecule has 0 unspecified atom stereocenters. The number of anilines is 1. The topological polar surface area (TPSA) is 69.6 Å². The summed E-state index contributed by atoms with van der Waals surface area (Å²) in [4.78, 5) is 11.9. The molecule has 0 bridgehead atoms. The van der Waals surface area contributed by atoms with Crippen LogP contribution < -0.4 is 5.32 Å². The Morgan fingerprint density at radius 1 is 1.00 bits per heavy atom. The van der Waals surface area contributed by atoms with E-state index in [1.165, 1.54) is 0 Å². The van der Waals surface area contributed by atoms with Crippen molar-refractivity contribution in [2.45, 2.75) is 19.4 Å².